The molecule has 0 aliphatic carbocycles. The summed E-state index contributed by atoms with van der Waals surface area (Å²) in [6, 6.07) is 12.2. The number of fused-ring (bicyclic) bond motifs is 1. The van der Waals surface area contributed by atoms with Crippen molar-refractivity contribution in [1.82, 2.24) is 10.6 Å². The molecule has 2 heterocycles. The third-order valence-corrected chi connectivity index (χ3v) is 4.29. The number of amides is 1. The van der Waals surface area contributed by atoms with Crippen LogP contribution in [0.5, 0.6) is 0 Å². The van der Waals surface area contributed by atoms with E-state index in [9.17, 15) is 4.79 Å². The van der Waals surface area contributed by atoms with E-state index in [4.69, 9.17) is 0 Å². The van der Waals surface area contributed by atoms with Gasteiger partial charge in [0.25, 0.3) is 0 Å². The summed E-state index contributed by atoms with van der Waals surface area (Å²) in [4.78, 5) is 13.3. The Labute approximate surface area is 116 Å². The molecule has 19 heavy (non-hydrogen) atoms. The molecule has 0 spiro atoms. The van der Waals surface area contributed by atoms with Crippen molar-refractivity contribution in [3.63, 3.8) is 0 Å². The maximum atomic E-state index is 12.1. The first-order chi connectivity index (χ1) is 9.33. The summed E-state index contributed by atoms with van der Waals surface area (Å²) in [6.07, 6.45) is 0.770. The predicted octanol–water partition coefficient (Wildman–Crippen LogP) is 2.08. The van der Waals surface area contributed by atoms with Crippen molar-refractivity contribution in [2.24, 2.45) is 0 Å². The number of carbonyl (C=O) groups is 1. The third-order valence-electron chi connectivity index (χ3n) is 3.41. The van der Waals surface area contributed by atoms with E-state index in [0.29, 0.717) is 6.54 Å². The summed E-state index contributed by atoms with van der Waals surface area (Å²) in [5, 5.41) is 8.32. The largest absolute Gasteiger partial charge is 0.350 e. The molecule has 0 bridgehead atoms. The smallest absolute Gasteiger partial charge is 0.237 e. The number of thiophene rings is 1. The van der Waals surface area contributed by atoms with E-state index in [1.807, 2.05) is 29.6 Å². The molecule has 1 aromatic carbocycles. The molecule has 2 N–H and O–H groups in total. The van der Waals surface area contributed by atoms with Crippen molar-refractivity contribution >= 4 is 17.2 Å². The van der Waals surface area contributed by atoms with Crippen molar-refractivity contribution in [1.29, 1.82) is 0 Å². The van der Waals surface area contributed by atoms with Crippen LogP contribution in [0, 0.1) is 0 Å². The maximum absolute atomic E-state index is 12.1. The lowest BCUT2D eigenvalue weighted by molar-refractivity contribution is -0.123. The van der Waals surface area contributed by atoms with Gasteiger partial charge < -0.3 is 10.6 Å². The van der Waals surface area contributed by atoms with Crippen LogP contribution in [-0.4, -0.2) is 11.9 Å². The molecular weight excluding hydrogens is 256 g/mol. The fraction of sp³-hybridized carbons (Fsp3) is 0.267. The van der Waals surface area contributed by atoms with Crippen LogP contribution >= 0.6 is 11.3 Å². The number of hydrogen-bond acceptors (Lipinski definition) is 3. The fourth-order valence-electron chi connectivity index (χ4n) is 2.35. The van der Waals surface area contributed by atoms with Gasteiger partial charge in [-0.15, -0.1) is 11.3 Å². The Morgan fingerprint density at radius 3 is 2.89 bits per heavy atom. The summed E-state index contributed by atoms with van der Waals surface area (Å²) >= 11 is 1.67. The first kappa shape index (κ1) is 12.4. The molecule has 1 aliphatic rings. The van der Waals surface area contributed by atoms with E-state index in [1.54, 1.807) is 11.3 Å². The SMILES string of the molecule is O=C(NCc1cccs1)[C@@H]1Cc2ccccc2CN1. The number of carbonyl (C=O) groups excluding carboxylic acids is 1. The molecule has 2 aromatic rings. The predicted molar refractivity (Wildman–Crippen MR) is 76.9 cm³/mol. The van der Waals surface area contributed by atoms with Crippen LogP contribution < -0.4 is 10.6 Å². The Bertz CT molecular complexity index is 565. The molecule has 1 aliphatic heterocycles. The number of nitrogens with one attached hydrogen (secondary N) is 2. The normalized spacial score (nSPS) is 17.8. The quantitative estimate of drug-likeness (QED) is 0.898. The molecule has 1 amide bonds. The Kier molecular flexibility index (Phi) is 3.62. The van der Waals surface area contributed by atoms with Gasteiger partial charge in [-0.3, -0.25) is 4.79 Å². The summed E-state index contributed by atoms with van der Waals surface area (Å²) < 4.78 is 0. The molecule has 0 fully saturated rings. The summed E-state index contributed by atoms with van der Waals surface area (Å²) in [5.74, 6) is 0.0860. The van der Waals surface area contributed by atoms with E-state index < -0.39 is 0 Å². The Balaban J connectivity index is 1.60. The standard InChI is InChI=1S/C15H16N2OS/c18-15(17-10-13-6-3-7-19-13)14-8-11-4-1-2-5-12(11)9-16-14/h1-7,14,16H,8-10H2,(H,17,18)/t14-/m0/s1. The molecule has 98 valence electrons. The van der Waals surface area contributed by atoms with Gasteiger partial charge in [0.2, 0.25) is 5.91 Å². The molecule has 1 aromatic heterocycles. The van der Waals surface area contributed by atoms with Gasteiger partial charge in [0.05, 0.1) is 12.6 Å². The van der Waals surface area contributed by atoms with Crippen LogP contribution in [0.4, 0.5) is 0 Å². The molecule has 0 unspecified atom stereocenters. The van der Waals surface area contributed by atoms with Gasteiger partial charge in [0, 0.05) is 11.4 Å². The second-order valence-electron chi connectivity index (χ2n) is 4.70. The first-order valence-corrected chi connectivity index (χ1v) is 7.31. The zero-order chi connectivity index (χ0) is 13.1. The van der Waals surface area contributed by atoms with E-state index in [2.05, 4.69) is 22.8 Å². The average Bonchev–Trinajstić information content (AvgIpc) is 2.97. The lowest BCUT2D eigenvalue weighted by Gasteiger charge is -2.25. The highest BCUT2D eigenvalue weighted by atomic mass is 32.1. The summed E-state index contributed by atoms with van der Waals surface area (Å²) in [5.41, 5.74) is 2.57. The second kappa shape index (κ2) is 5.55. The van der Waals surface area contributed by atoms with E-state index in [1.165, 1.54) is 16.0 Å². The lowest BCUT2D eigenvalue weighted by atomic mass is 9.95. The summed E-state index contributed by atoms with van der Waals surface area (Å²) in [7, 11) is 0. The first-order valence-electron chi connectivity index (χ1n) is 6.43. The highest BCUT2D eigenvalue weighted by molar-refractivity contribution is 7.09. The minimum Gasteiger partial charge on any atom is -0.350 e. The van der Waals surface area contributed by atoms with Crippen LogP contribution in [0.15, 0.2) is 41.8 Å². The zero-order valence-electron chi connectivity index (χ0n) is 10.6. The van der Waals surface area contributed by atoms with Crippen LogP contribution in [0.25, 0.3) is 0 Å². The molecule has 4 heteroatoms. The van der Waals surface area contributed by atoms with E-state index in [-0.39, 0.29) is 11.9 Å². The zero-order valence-corrected chi connectivity index (χ0v) is 11.4. The van der Waals surface area contributed by atoms with Gasteiger partial charge in [-0.2, -0.15) is 0 Å². The minimum absolute atomic E-state index is 0.0860. The lowest BCUT2D eigenvalue weighted by Crippen LogP contribution is -2.47. The Morgan fingerprint density at radius 2 is 2.11 bits per heavy atom. The maximum Gasteiger partial charge on any atom is 0.237 e. The van der Waals surface area contributed by atoms with Crippen molar-refractivity contribution in [2.75, 3.05) is 0 Å². The van der Waals surface area contributed by atoms with Crippen molar-refractivity contribution < 1.29 is 4.79 Å². The van der Waals surface area contributed by atoms with Crippen molar-refractivity contribution in [3.8, 4) is 0 Å². The van der Waals surface area contributed by atoms with Gasteiger partial charge in [-0.25, -0.2) is 0 Å². The molecule has 0 saturated carbocycles. The number of benzene rings is 1. The monoisotopic (exact) mass is 272 g/mol. The summed E-state index contributed by atoms with van der Waals surface area (Å²) in [6.45, 7) is 1.39. The molecule has 1 atom stereocenters. The van der Waals surface area contributed by atoms with Crippen molar-refractivity contribution in [2.45, 2.75) is 25.6 Å². The van der Waals surface area contributed by atoms with Gasteiger partial charge in [0.1, 0.15) is 0 Å². The fourth-order valence-corrected chi connectivity index (χ4v) is 2.99. The Hall–Kier alpha value is -1.65. The Morgan fingerprint density at radius 1 is 1.26 bits per heavy atom. The van der Waals surface area contributed by atoms with E-state index >= 15 is 0 Å². The van der Waals surface area contributed by atoms with Crippen LogP contribution in [0.1, 0.15) is 16.0 Å². The molecule has 0 radical (unpaired) electrons. The van der Waals surface area contributed by atoms with Crippen LogP contribution in [0.2, 0.25) is 0 Å². The highest BCUT2D eigenvalue weighted by Gasteiger charge is 2.23. The van der Waals surface area contributed by atoms with Gasteiger partial charge in [0.15, 0.2) is 0 Å². The van der Waals surface area contributed by atoms with Gasteiger partial charge in [-0.1, -0.05) is 30.3 Å². The third kappa shape index (κ3) is 2.85. The average molecular weight is 272 g/mol. The van der Waals surface area contributed by atoms with Crippen LogP contribution in [0.3, 0.4) is 0 Å². The van der Waals surface area contributed by atoms with Crippen molar-refractivity contribution in [3.05, 3.63) is 57.8 Å². The van der Waals surface area contributed by atoms with Gasteiger partial charge >= 0.3 is 0 Å². The van der Waals surface area contributed by atoms with E-state index in [0.717, 1.165) is 13.0 Å². The number of hydrogen-bond donors (Lipinski definition) is 2. The highest BCUT2D eigenvalue weighted by Crippen LogP contribution is 2.16. The minimum atomic E-state index is -0.116. The molecule has 3 rings (SSSR count). The molecule has 3 nitrogen and oxygen atoms in total. The van der Waals surface area contributed by atoms with Gasteiger partial charge in [-0.05, 0) is 29.0 Å². The van der Waals surface area contributed by atoms with Crippen LogP contribution in [-0.2, 0) is 24.3 Å². The molecule has 0 saturated heterocycles. The number of rotatable bonds is 3. The second-order valence-corrected chi connectivity index (χ2v) is 5.74. The molecular formula is C15H16N2OS. The topological polar surface area (TPSA) is 41.1 Å².